The molecule has 0 aliphatic carbocycles. The lowest BCUT2D eigenvalue weighted by molar-refractivity contribution is -0.121. The van der Waals surface area contributed by atoms with E-state index in [9.17, 15) is 4.79 Å². The van der Waals surface area contributed by atoms with Crippen LogP contribution in [0.5, 0.6) is 11.5 Å². The minimum absolute atomic E-state index is 0.111. The van der Waals surface area contributed by atoms with Crippen LogP contribution in [0.25, 0.3) is 0 Å². The monoisotopic (exact) mass is 409 g/mol. The molecule has 0 aromatic heterocycles. The number of carbonyl (C=O) groups excluding carboxylic acids is 1. The molecule has 1 N–H and O–H groups in total. The van der Waals surface area contributed by atoms with Gasteiger partial charge in [-0.05, 0) is 53.0 Å². The maximum atomic E-state index is 12.7. The fourth-order valence-electron chi connectivity index (χ4n) is 2.68. The molecule has 1 atom stereocenters. The van der Waals surface area contributed by atoms with Gasteiger partial charge in [0.2, 0.25) is 5.91 Å². The highest BCUT2D eigenvalue weighted by molar-refractivity contribution is 9.10. The van der Waals surface area contributed by atoms with Crippen molar-refractivity contribution in [3.63, 3.8) is 0 Å². The molecule has 1 aliphatic rings. The molecule has 24 heavy (non-hydrogen) atoms. The van der Waals surface area contributed by atoms with Crippen molar-refractivity contribution >= 4 is 39.1 Å². The van der Waals surface area contributed by atoms with Gasteiger partial charge in [-0.3, -0.25) is 4.79 Å². The van der Waals surface area contributed by atoms with Crippen molar-refractivity contribution in [2.24, 2.45) is 5.92 Å². The summed E-state index contributed by atoms with van der Waals surface area (Å²) in [6.07, 6.45) is 0.647. The van der Waals surface area contributed by atoms with Crippen molar-refractivity contribution in [2.75, 3.05) is 18.5 Å². The van der Waals surface area contributed by atoms with Crippen LogP contribution in [-0.2, 0) is 11.2 Å². The lowest BCUT2D eigenvalue weighted by Crippen LogP contribution is -2.32. The SMILES string of the molecule is CCOc1c(Br)cc(Cl)cc1NC(=O)C1COc2ccccc2C1. The van der Waals surface area contributed by atoms with Crippen LogP contribution in [0.15, 0.2) is 40.9 Å². The molecule has 0 fully saturated rings. The Morgan fingerprint density at radius 3 is 3.00 bits per heavy atom. The molecule has 2 aromatic rings. The highest BCUT2D eigenvalue weighted by atomic mass is 79.9. The number of carbonyl (C=O) groups is 1. The summed E-state index contributed by atoms with van der Waals surface area (Å²) in [5, 5.41) is 3.44. The molecule has 1 heterocycles. The summed E-state index contributed by atoms with van der Waals surface area (Å²) in [7, 11) is 0. The van der Waals surface area contributed by atoms with Crippen molar-refractivity contribution in [3.8, 4) is 11.5 Å². The molecule has 1 unspecified atom stereocenters. The topological polar surface area (TPSA) is 47.6 Å². The van der Waals surface area contributed by atoms with Crippen LogP contribution in [0.4, 0.5) is 5.69 Å². The Hall–Kier alpha value is -1.72. The third-order valence-electron chi connectivity index (χ3n) is 3.80. The molecule has 0 bridgehead atoms. The minimum atomic E-state index is -0.257. The largest absolute Gasteiger partial charge is 0.492 e. The normalized spacial score (nSPS) is 16.0. The second-order valence-electron chi connectivity index (χ2n) is 5.51. The van der Waals surface area contributed by atoms with Crippen LogP contribution in [0, 0.1) is 5.92 Å². The third kappa shape index (κ3) is 3.68. The van der Waals surface area contributed by atoms with E-state index in [0.29, 0.717) is 40.6 Å². The first-order valence-corrected chi connectivity index (χ1v) is 8.89. The van der Waals surface area contributed by atoms with Crippen LogP contribution in [0.3, 0.4) is 0 Å². The van der Waals surface area contributed by atoms with E-state index in [-0.39, 0.29) is 11.8 Å². The van der Waals surface area contributed by atoms with Gasteiger partial charge in [-0.25, -0.2) is 0 Å². The molecule has 0 spiro atoms. The number of amides is 1. The summed E-state index contributed by atoms with van der Waals surface area (Å²) >= 11 is 9.52. The summed E-state index contributed by atoms with van der Waals surface area (Å²) in [5.41, 5.74) is 1.60. The van der Waals surface area contributed by atoms with Crippen molar-refractivity contribution in [1.29, 1.82) is 0 Å². The van der Waals surface area contributed by atoms with Gasteiger partial charge in [-0.15, -0.1) is 0 Å². The van der Waals surface area contributed by atoms with Crippen molar-refractivity contribution in [1.82, 2.24) is 0 Å². The first-order chi connectivity index (χ1) is 11.6. The average Bonchev–Trinajstić information content (AvgIpc) is 2.57. The highest BCUT2D eigenvalue weighted by Crippen LogP contribution is 2.37. The molecule has 0 saturated carbocycles. The van der Waals surface area contributed by atoms with Gasteiger partial charge in [0.1, 0.15) is 12.4 Å². The molecular formula is C18H17BrClNO3. The molecule has 6 heteroatoms. The molecule has 0 radical (unpaired) electrons. The number of hydrogen-bond acceptors (Lipinski definition) is 3. The Morgan fingerprint density at radius 2 is 2.21 bits per heavy atom. The Kier molecular flexibility index (Phi) is 5.31. The van der Waals surface area contributed by atoms with E-state index >= 15 is 0 Å². The maximum Gasteiger partial charge on any atom is 0.231 e. The van der Waals surface area contributed by atoms with Crippen LogP contribution in [-0.4, -0.2) is 19.1 Å². The molecule has 1 aliphatic heterocycles. The predicted octanol–water partition coefficient (Wildman–Crippen LogP) is 4.69. The number of para-hydroxylation sites is 1. The van der Waals surface area contributed by atoms with E-state index in [1.54, 1.807) is 12.1 Å². The molecular weight excluding hydrogens is 394 g/mol. The number of hydrogen-bond donors (Lipinski definition) is 1. The zero-order valence-corrected chi connectivity index (χ0v) is 15.5. The van der Waals surface area contributed by atoms with Gasteiger partial charge < -0.3 is 14.8 Å². The molecule has 0 saturated heterocycles. The zero-order chi connectivity index (χ0) is 17.1. The fourth-order valence-corrected chi connectivity index (χ4v) is 3.60. The second-order valence-corrected chi connectivity index (χ2v) is 6.80. The van der Waals surface area contributed by atoms with E-state index in [4.69, 9.17) is 21.1 Å². The van der Waals surface area contributed by atoms with E-state index in [2.05, 4.69) is 21.2 Å². The van der Waals surface area contributed by atoms with Crippen molar-refractivity contribution < 1.29 is 14.3 Å². The van der Waals surface area contributed by atoms with Crippen LogP contribution in [0.1, 0.15) is 12.5 Å². The smallest absolute Gasteiger partial charge is 0.231 e. The first kappa shape index (κ1) is 17.1. The molecule has 4 nitrogen and oxygen atoms in total. The van der Waals surface area contributed by atoms with Gasteiger partial charge in [0.25, 0.3) is 0 Å². The Morgan fingerprint density at radius 1 is 1.42 bits per heavy atom. The van der Waals surface area contributed by atoms with Crippen molar-refractivity contribution in [3.05, 3.63) is 51.5 Å². The second kappa shape index (κ2) is 7.45. The standard InChI is InChI=1S/C18H17BrClNO3/c1-2-23-17-14(19)8-13(20)9-15(17)21-18(22)12-7-11-5-3-4-6-16(11)24-10-12/h3-6,8-9,12H,2,7,10H2,1H3,(H,21,22). The van der Waals surface area contributed by atoms with E-state index in [0.717, 1.165) is 11.3 Å². The quantitative estimate of drug-likeness (QED) is 0.795. The minimum Gasteiger partial charge on any atom is -0.492 e. The van der Waals surface area contributed by atoms with Crippen LogP contribution in [0.2, 0.25) is 5.02 Å². The molecule has 3 rings (SSSR count). The molecule has 1 amide bonds. The van der Waals surface area contributed by atoms with Crippen LogP contribution >= 0.6 is 27.5 Å². The Labute approximate surface area is 154 Å². The van der Waals surface area contributed by atoms with Crippen molar-refractivity contribution in [2.45, 2.75) is 13.3 Å². The number of nitrogens with one attached hydrogen (secondary N) is 1. The number of rotatable bonds is 4. The number of halogens is 2. The summed E-state index contributed by atoms with van der Waals surface area (Å²) in [6, 6.07) is 11.2. The summed E-state index contributed by atoms with van der Waals surface area (Å²) in [4.78, 5) is 12.7. The third-order valence-corrected chi connectivity index (χ3v) is 4.61. The van der Waals surface area contributed by atoms with E-state index < -0.39 is 0 Å². The summed E-state index contributed by atoms with van der Waals surface area (Å²) in [5.74, 6) is 1.06. The fraction of sp³-hybridized carbons (Fsp3) is 0.278. The average molecular weight is 411 g/mol. The zero-order valence-electron chi connectivity index (χ0n) is 13.1. The van der Waals surface area contributed by atoms with Gasteiger partial charge >= 0.3 is 0 Å². The number of anilines is 1. The number of benzene rings is 2. The number of fused-ring (bicyclic) bond motifs is 1. The van der Waals surface area contributed by atoms with Crippen LogP contribution < -0.4 is 14.8 Å². The van der Waals surface area contributed by atoms with Gasteiger partial charge in [-0.2, -0.15) is 0 Å². The highest BCUT2D eigenvalue weighted by Gasteiger charge is 2.26. The first-order valence-electron chi connectivity index (χ1n) is 7.72. The summed E-state index contributed by atoms with van der Waals surface area (Å²) in [6.45, 7) is 2.73. The molecule has 126 valence electrons. The lowest BCUT2D eigenvalue weighted by atomic mass is 9.96. The van der Waals surface area contributed by atoms with Gasteiger partial charge in [-0.1, -0.05) is 29.8 Å². The maximum absolute atomic E-state index is 12.7. The Balaban J connectivity index is 1.78. The van der Waals surface area contributed by atoms with Gasteiger partial charge in [0.05, 0.1) is 22.7 Å². The van der Waals surface area contributed by atoms with Gasteiger partial charge in [0, 0.05) is 5.02 Å². The van der Waals surface area contributed by atoms with E-state index in [1.807, 2.05) is 31.2 Å². The summed E-state index contributed by atoms with van der Waals surface area (Å²) < 4.78 is 12.0. The predicted molar refractivity (Wildman–Crippen MR) is 98.1 cm³/mol. The molecule has 2 aromatic carbocycles. The number of ether oxygens (including phenoxy) is 2. The van der Waals surface area contributed by atoms with Gasteiger partial charge in [0.15, 0.2) is 5.75 Å². The lowest BCUT2D eigenvalue weighted by Gasteiger charge is -2.25. The van der Waals surface area contributed by atoms with E-state index in [1.165, 1.54) is 0 Å². The Bertz CT molecular complexity index is 766.